The minimum absolute atomic E-state index is 0.0385. The number of nitrogens with one attached hydrogen (secondary N) is 1. The number of rotatable bonds is 8. The number of nitrogens with zero attached hydrogens (tertiary/aromatic N) is 5. The van der Waals surface area contributed by atoms with E-state index in [9.17, 15) is 9.59 Å². The lowest BCUT2D eigenvalue weighted by atomic mass is 9.98. The van der Waals surface area contributed by atoms with Crippen molar-refractivity contribution in [2.45, 2.75) is 32.2 Å². The Bertz CT molecular complexity index is 1140. The molecule has 166 valence electrons. The van der Waals surface area contributed by atoms with Gasteiger partial charge < -0.3 is 21.1 Å². The van der Waals surface area contributed by atoms with Crippen molar-refractivity contribution in [3.8, 4) is 0 Å². The molecule has 0 atom stereocenters. The highest BCUT2D eigenvalue weighted by Crippen LogP contribution is 2.23. The van der Waals surface area contributed by atoms with Crippen LogP contribution in [0.1, 0.15) is 28.4 Å². The Labute approximate surface area is 185 Å². The first-order chi connectivity index (χ1) is 15.4. The molecule has 0 saturated carbocycles. The van der Waals surface area contributed by atoms with E-state index in [-0.39, 0.29) is 18.4 Å². The van der Waals surface area contributed by atoms with E-state index in [1.807, 2.05) is 37.4 Å². The molecule has 3 aromatic rings. The molecule has 1 aromatic carbocycles. The summed E-state index contributed by atoms with van der Waals surface area (Å²) in [6, 6.07) is 7.83. The van der Waals surface area contributed by atoms with E-state index in [1.165, 1.54) is 4.90 Å². The summed E-state index contributed by atoms with van der Waals surface area (Å²) in [5.74, 6) is 0.122. The first-order valence-electron chi connectivity index (χ1n) is 10.4. The third kappa shape index (κ3) is 4.85. The Balaban J connectivity index is 1.41. The summed E-state index contributed by atoms with van der Waals surface area (Å²) in [6.45, 7) is 2.83. The lowest BCUT2D eigenvalue weighted by Crippen LogP contribution is -2.50. The molecular formula is C22H25N7O3. The van der Waals surface area contributed by atoms with Gasteiger partial charge in [-0.2, -0.15) is 5.10 Å². The van der Waals surface area contributed by atoms with Crippen molar-refractivity contribution in [3.63, 3.8) is 0 Å². The Kier molecular flexibility index (Phi) is 6.02. The minimum atomic E-state index is -0.912. The molecule has 0 spiro atoms. The van der Waals surface area contributed by atoms with Gasteiger partial charge in [-0.25, -0.2) is 14.8 Å². The van der Waals surface area contributed by atoms with E-state index >= 15 is 0 Å². The van der Waals surface area contributed by atoms with Gasteiger partial charge in [0.2, 0.25) is 11.9 Å². The fourth-order valence-electron chi connectivity index (χ4n) is 3.72. The molecule has 2 aromatic heterocycles. The number of primary amides is 1. The number of likely N-dealkylation sites (tertiary alicyclic amines) is 1. The van der Waals surface area contributed by atoms with Crippen molar-refractivity contribution >= 4 is 23.6 Å². The highest BCUT2D eigenvalue weighted by atomic mass is 16.4. The molecule has 2 amide bonds. The van der Waals surface area contributed by atoms with E-state index in [1.54, 1.807) is 17.1 Å². The normalized spacial score (nSPS) is 13.6. The van der Waals surface area contributed by atoms with Crippen molar-refractivity contribution in [1.82, 2.24) is 24.6 Å². The van der Waals surface area contributed by atoms with Crippen LogP contribution in [0.15, 0.2) is 42.9 Å². The van der Waals surface area contributed by atoms with Crippen LogP contribution in [0.3, 0.4) is 0 Å². The third-order valence-corrected chi connectivity index (χ3v) is 5.56. The predicted octanol–water partition coefficient (Wildman–Crippen LogP) is 2.07. The molecule has 4 N–H and O–H groups in total. The van der Waals surface area contributed by atoms with Crippen LogP contribution in [0, 0.1) is 6.92 Å². The summed E-state index contributed by atoms with van der Waals surface area (Å²) in [7, 11) is 0. The van der Waals surface area contributed by atoms with Crippen molar-refractivity contribution < 1.29 is 14.7 Å². The van der Waals surface area contributed by atoms with Gasteiger partial charge in [-0.15, -0.1) is 0 Å². The Morgan fingerprint density at radius 3 is 2.66 bits per heavy atom. The second-order valence-electron chi connectivity index (χ2n) is 7.91. The average Bonchev–Trinajstić information content (AvgIpc) is 3.15. The van der Waals surface area contributed by atoms with Crippen molar-refractivity contribution in [3.05, 3.63) is 65.2 Å². The summed E-state index contributed by atoms with van der Waals surface area (Å²) in [5, 5.41) is 16.4. The van der Waals surface area contributed by atoms with E-state index in [0.717, 1.165) is 34.5 Å². The lowest BCUT2D eigenvalue weighted by molar-refractivity contribution is -0.117. The van der Waals surface area contributed by atoms with Crippen molar-refractivity contribution in [1.29, 1.82) is 0 Å². The van der Waals surface area contributed by atoms with Crippen LogP contribution in [0.25, 0.3) is 0 Å². The van der Waals surface area contributed by atoms with Crippen LogP contribution < -0.4 is 11.1 Å². The van der Waals surface area contributed by atoms with Gasteiger partial charge in [0, 0.05) is 31.2 Å². The van der Waals surface area contributed by atoms with Crippen LogP contribution in [0.4, 0.5) is 16.4 Å². The molecule has 1 aliphatic heterocycles. The fourth-order valence-corrected chi connectivity index (χ4v) is 3.72. The maximum atomic E-state index is 11.3. The summed E-state index contributed by atoms with van der Waals surface area (Å²) < 4.78 is 1.76. The zero-order valence-electron chi connectivity index (χ0n) is 17.7. The number of anilines is 2. The van der Waals surface area contributed by atoms with Gasteiger partial charge in [0.25, 0.3) is 0 Å². The molecule has 4 rings (SSSR count). The molecule has 1 fully saturated rings. The van der Waals surface area contributed by atoms with Crippen LogP contribution in [-0.2, 0) is 24.1 Å². The second kappa shape index (κ2) is 9.04. The van der Waals surface area contributed by atoms with Gasteiger partial charge in [0.05, 0.1) is 24.3 Å². The molecule has 1 aliphatic rings. The number of aryl methyl sites for hydroxylation is 3. The van der Waals surface area contributed by atoms with Crippen molar-refractivity contribution in [2.24, 2.45) is 5.73 Å². The standard InChI is InChI=1S/C22H25N7O3/c1-14-9-24-21(26-17-10-25-29(11-17)18-12-28(13-18)22(31)32)27-19(14)7-6-15-4-2-3-5-16(15)8-20(23)30/h2-5,9-11,18H,6-8,12-13H2,1H3,(H2,23,30)(H,31,32)(H,24,26,27). The van der Waals surface area contributed by atoms with Gasteiger partial charge in [0.15, 0.2) is 0 Å². The van der Waals surface area contributed by atoms with E-state index < -0.39 is 6.09 Å². The molecule has 10 nitrogen and oxygen atoms in total. The van der Waals surface area contributed by atoms with Gasteiger partial charge >= 0.3 is 6.09 Å². The number of benzene rings is 1. The van der Waals surface area contributed by atoms with E-state index in [2.05, 4.69) is 20.4 Å². The highest BCUT2D eigenvalue weighted by Gasteiger charge is 2.32. The summed E-state index contributed by atoms with van der Waals surface area (Å²) in [6.07, 6.45) is 6.02. The minimum Gasteiger partial charge on any atom is -0.465 e. The zero-order valence-corrected chi connectivity index (χ0v) is 17.7. The molecular weight excluding hydrogens is 410 g/mol. The largest absolute Gasteiger partial charge is 0.465 e. The van der Waals surface area contributed by atoms with Gasteiger partial charge in [-0.3, -0.25) is 9.48 Å². The summed E-state index contributed by atoms with van der Waals surface area (Å²) >= 11 is 0. The van der Waals surface area contributed by atoms with Gasteiger partial charge in [-0.05, 0) is 36.5 Å². The smallest absolute Gasteiger partial charge is 0.407 e. The van der Waals surface area contributed by atoms with Gasteiger partial charge in [0.1, 0.15) is 0 Å². The van der Waals surface area contributed by atoms with Gasteiger partial charge in [-0.1, -0.05) is 24.3 Å². The SMILES string of the molecule is Cc1cnc(Nc2cnn(C3CN(C(=O)O)C3)c2)nc1CCc1ccccc1CC(N)=O. The number of carbonyl (C=O) groups excluding carboxylic acids is 1. The Hall–Kier alpha value is -3.95. The molecule has 0 aliphatic carbocycles. The molecule has 32 heavy (non-hydrogen) atoms. The molecule has 10 heteroatoms. The monoisotopic (exact) mass is 435 g/mol. The average molecular weight is 435 g/mol. The fraction of sp³-hybridized carbons (Fsp3) is 0.318. The number of nitrogens with two attached hydrogens (primary N) is 1. The number of aromatic nitrogens is 4. The maximum Gasteiger partial charge on any atom is 0.407 e. The molecule has 3 heterocycles. The first-order valence-corrected chi connectivity index (χ1v) is 10.4. The topological polar surface area (TPSA) is 139 Å². The Morgan fingerprint density at radius 2 is 1.94 bits per heavy atom. The second-order valence-corrected chi connectivity index (χ2v) is 7.91. The van der Waals surface area contributed by atoms with Crippen LogP contribution >= 0.6 is 0 Å². The summed E-state index contributed by atoms with van der Waals surface area (Å²) in [5.41, 5.74) is 10.0. The van der Waals surface area contributed by atoms with Crippen LogP contribution in [0.2, 0.25) is 0 Å². The third-order valence-electron chi connectivity index (χ3n) is 5.56. The van der Waals surface area contributed by atoms with Crippen LogP contribution in [0.5, 0.6) is 0 Å². The number of carbonyl (C=O) groups is 2. The maximum absolute atomic E-state index is 11.3. The Morgan fingerprint density at radius 1 is 1.19 bits per heavy atom. The van der Waals surface area contributed by atoms with Crippen LogP contribution in [-0.4, -0.2) is 54.8 Å². The number of hydrogen-bond acceptors (Lipinski definition) is 6. The summed E-state index contributed by atoms with van der Waals surface area (Å²) in [4.78, 5) is 32.6. The molecule has 0 radical (unpaired) electrons. The predicted molar refractivity (Wildman–Crippen MR) is 118 cm³/mol. The molecule has 1 saturated heterocycles. The number of carboxylic acid groups (broad SMARTS) is 1. The van der Waals surface area contributed by atoms with E-state index in [4.69, 9.17) is 10.8 Å². The number of hydrogen-bond donors (Lipinski definition) is 3. The quantitative estimate of drug-likeness (QED) is 0.492. The zero-order chi connectivity index (χ0) is 22.7. The number of amides is 2. The highest BCUT2D eigenvalue weighted by molar-refractivity contribution is 5.77. The first kappa shape index (κ1) is 21.3. The lowest BCUT2D eigenvalue weighted by Gasteiger charge is -2.36. The van der Waals surface area contributed by atoms with Crippen molar-refractivity contribution in [2.75, 3.05) is 18.4 Å². The molecule has 0 unspecified atom stereocenters. The van der Waals surface area contributed by atoms with E-state index in [0.29, 0.717) is 25.5 Å². The molecule has 0 bridgehead atoms.